The van der Waals surface area contributed by atoms with Crippen LogP contribution in [0.15, 0.2) is 70.9 Å². The summed E-state index contributed by atoms with van der Waals surface area (Å²) in [6.07, 6.45) is 6.48. The number of piperidine rings is 1. The van der Waals surface area contributed by atoms with E-state index in [9.17, 15) is 13.2 Å². The minimum absolute atomic E-state index is 0.0655. The number of carbonyl (C=O) groups excluding carboxylic acids is 1. The molecule has 9 heteroatoms. The topological polar surface area (TPSA) is 78.5 Å². The van der Waals surface area contributed by atoms with Crippen molar-refractivity contribution in [3.8, 4) is 0 Å². The molecule has 4 rings (SSSR count). The van der Waals surface area contributed by atoms with Gasteiger partial charge >= 0.3 is 0 Å². The van der Waals surface area contributed by atoms with Gasteiger partial charge in [0.15, 0.2) is 0 Å². The highest BCUT2D eigenvalue weighted by Gasteiger charge is 2.20. The van der Waals surface area contributed by atoms with Gasteiger partial charge in [-0.1, -0.05) is 17.7 Å². The maximum atomic E-state index is 13.0. The molecule has 1 saturated heterocycles. The summed E-state index contributed by atoms with van der Waals surface area (Å²) in [6.45, 7) is 1.73. The van der Waals surface area contributed by atoms with E-state index in [1.165, 1.54) is 29.9 Å². The minimum atomic E-state index is -3.86. The normalized spacial score (nSPS) is 14.4. The molecular formula is C24H24ClN3O3S2. The number of amides is 1. The molecule has 3 aromatic rings. The average molecular weight is 502 g/mol. The summed E-state index contributed by atoms with van der Waals surface area (Å²) < 4.78 is 28.6. The van der Waals surface area contributed by atoms with Gasteiger partial charge in [-0.2, -0.15) is 0 Å². The molecule has 0 atom stereocenters. The molecular weight excluding hydrogens is 478 g/mol. The quantitative estimate of drug-likeness (QED) is 0.398. The van der Waals surface area contributed by atoms with Crippen LogP contribution in [0.3, 0.4) is 0 Å². The monoisotopic (exact) mass is 501 g/mol. The van der Waals surface area contributed by atoms with E-state index in [4.69, 9.17) is 11.6 Å². The highest BCUT2D eigenvalue weighted by Crippen LogP contribution is 2.32. The number of benzene rings is 2. The van der Waals surface area contributed by atoms with Gasteiger partial charge in [-0.15, -0.1) is 11.3 Å². The molecule has 33 heavy (non-hydrogen) atoms. The van der Waals surface area contributed by atoms with Gasteiger partial charge < -0.3 is 10.2 Å². The van der Waals surface area contributed by atoms with E-state index in [2.05, 4.69) is 14.9 Å². The summed E-state index contributed by atoms with van der Waals surface area (Å²) in [5.41, 5.74) is 1.69. The van der Waals surface area contributed by atoms with E-state index in [0.29, 0.717) is 16.4 Å². The Labute approximate surface area is 202 Å². The summed E-state index contributed by atoms with van der Waals surface area (Å²) in [7, 11) is -3.86. The lowest BCUT2D eigenvalue weighted by Gasteiger charge is -2.30. The van der Waals surface area contributed by atoms with Crippen LogP contribution in [0.25, 0.3) is 6.08 Å². The van der Waals surface area contributed by atoms with Crippen LogP contribution in [0.5, 0.6) is 0 Å². The van der Waals surface area contributed by atoms with Crippen molar-refractivity contribution in [2.24, 2.45) is 0 Å². The van der Waals surface area contributed by atoms with Crippen LogP contribution in [0.2, 0.25) is 5.02 Å². The number of halogens is 1. The molecule has 6 nitrogen and oxygen atoms in total. The molecule has 0 aliphatic carbocycles. The lowest BCUT2D eigenvalue weighted by Crippen LogP contribution is -2.30. The van der Waals surface area contributed by atoms with Crippen molar-refractivity contribution in [3.63, 3.8) is 0 Å². The second kappa shape index (κ2) is 10.4. The second-order valence-corrected chi connectivity index (χ2v) is 10.8. The van der Waals surface area contributed by atoms with Crippen molar-refractivity contribution in [1.29, 1.82) is 0 Å². The van der Waals surface area contributed by atoms with Gasteiger partial charge in [0.2, 0.25) is 5.91 Å². The Bertz CT molecular complexity index is 1230. The van der Waals surface area contributed by atoms with Gasteiger partial charge in [0.1, 0.15) is 0 Å². The minimum Gasteiger partial charge on any atom is -0.370 e. The number of anilines is 3. The number of nitrogens with one attached hydrogen (secondary N) is 2. The van der Waals surface area contributed by atoms with Crippen LogP contribution in [-0.2, 0) is 14.8 Å². The Morgan fingerprint density at radius 1 is 1.03 bits per heavy atom. The molecule has 1 fully saturated rings. The predicted octanol–water partition coefficient (Wildman–Crippen LogP) is 5.84. The van der Waals surface area contributed by atoms with Crippen molar-refractivity contribution in [2.75, 3.05) is 28.0 Å². The zero-order chi connectivity index (χ0) is 23.3. The highest BCUT2D eigenvalue weighted by atomic mass is 35.5. The number of hydrogen-bond donors (Lipinski definition) is 2. The Hall–Kier alpha value is -2.81. The lowest BCUT2D eigenvalue weighted by molar-refractivity contribution is -0.111. The standard InChI is InChI=1S/C24H24ClN3O3S2/c25-18-6-8-19(9-7-18)27-33(30,31)21-11-12-23(28-14-2-1-3-15-28)22(17-21)26-24(29)13-10-20-5-4-16-32-20/h4-13,16-17,27H,1-3,14-15H2,(H,26,29). The van der Waals surface area contributed by atoms with Crippen molar-refractivity contribution < 1.29 is 13.2 Å². The number of hydrogen-bond acceptors (Lipinski definition) is 5. The third kappa shape index (κ3) is 6.16. The molecule has 0 unspecified atom stereocenters. The fraction of sp³-hybridized carbons (Fsp3) is 0.208. The van der Waals surface area contributed by atoms with Crippen molar-refractivity contribution in [2.45, 2.75) is 24.2 Å². The van der Waals surface area contributed by atoms with Gasteiger partial charge in [-0.3, -0.25) is 9.52 Å². The molecule has 0 bridgehead atoms. The van der Waals surface area contributed by atoms with Crippen molar-refractivity contribution in [3.05, 3.63) is 76.0 Å². The Kier molecular flexibility index (Phi) is 7.37. The van der Waals surface area contributed by atoms with Crippen LogP contribution in [0, 0.1) is 0 Å². The Morgan fingerprint density at radius 2 is 1.79 bits per heavy atom. The number of nitrogens with zero attached hydrogens (tertiary/aromatic N) is 1. The first-order valence-electron chi connectivity index (χ1n) is 10.6. The molecule has 0 saturated carbocycles. The molecule has 0 radical (unpaired) electrons. The molecule has 2 N–H and O–H groups in total. The fourth-order valence-corrected chi connectivity index (χ4v) is 5.47. The summed E-state index contributed by atoms with van der Waals surface area (Å²) in [6, 6.07) is 15.1. The highest BCUT2D eigenvalue weighted by molar-refractivity contribution is 7.92. The van der Waals surface area contributed by atoms with Gasteiger partial charge in [0, 0.05) is 34.8 Å². The maximum absolute atomic E-state index is 13.0. The van der Waals surface area contributed by atoms with E-state index in [1.54, 1.807) is 42.5 Å². The van der Waals surface area contributed by atoms with Crippen LogP contribution >= 0.6 is 22.9 Å². The zero-order valence-electron chi connectivity index (χ0n) is 17.8. The zero-order valence-corrected chi connectivity index (χ0v) is 20.2. The number of rotatable bonds is 7. The summed E-state index contributed by atoms with van der Waals surface area (Å²) >= 11 is 7.43. The number of carbonyl (C=O) groups is 1. The Balaban J connectivity index is 1.62. The van der Waals surface area contributed by atoms with Crippen LogP contribution in [-0.4, -0.2) is 27.4 Å². The Morgan fingerprint density at radius 3 is 2.48 bits per heavy atom. The summed E-state index contributed by atoms with van der Waals surface area (Å²) in [5, 5.41) is 5.34. The van der Waals surface area contributed by atoms with E-state index in [0.717, 1.165) is 36.5 Å². The average Bonchev–Trinajstić information content (AvgIpc) is 3.33. The molecule has 2 heterocycles. The third-order valence-corrected chi connectivity index (χ3v) is 7.74. The maximum Gasteiger partial charge on any atom is 0.261 e. The van der Waals surface area contributed by atoms with E-state index in [1.807, 2.05) is 17.5 Å². The van der Waals surface area contributed by atoms with Crippen molar-refractivity contribution in [1.82, 2.24) is 0 Å². The first-order chi connectivity index (χ1) is 15.9. The van der Waals surface area contributed by atoms with Crippen molar-refractivity contribution >= 4 is 62.0 Å². The molecule has 2 aromatic carbocycles. The van der Waals surface area contributed by atoms with Crippen LogP contribution in [0.1, 0.15) is 24.1 Å². The SMILES string of the molecule is O=C(C=Cc1cccs1)Nc1cc(S(=O)(=O)Nc2ccc(Cl)cc2)ccc1N1CCCCC1. The summed E-state index contributed by atoms with van der Waals surface area (Å²) in [5.74, 6) is -0.318. The van der Waals surface area contributed by atoms with Crippen LogP contribution in [0.4, 0.5) is 17.1 Å². The molecule has 172 valence electrons. The molecule has 1 aliphatic heterocycles. The van der Waals surface area contributed by atoms with E-state index in [-0.39, 0.29) is 10.8 Å². The molecule has 1 amide bonds. The van der Waals surface area contributed by atoms with Crippen LogP contribution < -0.4 is 14.9 Å². The lowest BCUT2D eigenvalue weighted by atomic mass is 10.1. The number of thiophene rings is 1. The van der Waals surface area contributed by atoms with Gasteiger partial charge in [0.05, 0.1) is 16.3 Å². The van der Waals surface area contributed by atoms with E-state index >= 15 is 0 Å². The smallest absolute Gasteiger partial charge is 0.261 e. The first-order valence-corrected chi connectivity index (χ1v) is 13.3. The molecule has 0 spiro atoms. The summed E-state index contributed by atoms with van der Waals surface area (Å²) in [4.78, 5) is 15.9. The fourth-order valence-electron chi connectivity index (χ4n) is 3.64. The second-order valence-electron chi connectivity index (χ2n) is 7.68. The number of sulfonamides is 1. The van der Waals surface area contributed by atoms with E-state index < -0.39 is 10.0 Å². The van der Waals surface area contributed by atoms with Gasteiger partial charge in [0.25, 0.3) is 10.0 Å². The first kappa shape index (κ1) is 23.4. The predicted molar refractivity (Wildman–Crippen MR) is 137 cm³/mol. The third-order valence-electron chi connectivity index (χ3n) is 5.27. The largest absolute Gasteiger partial charge is 0.370 e. The molecule has 1 aliphatic rings. The van der Waals surface area contributed by atoms with Gasteiger partial charge in [-0.25, -0.2) is 8.42 Å². The molecule has 1 aromatic heterocycles. The van der Waals surface area contributed by atoms with Gasteiger partial charge in [-0.05, 0) is 79.2 Å².